The van der Waals surface area contributed by atoms with Crippen LogP contribution in [-0.4, -0.2) is 34.2 Å². The highest BCUT2D eigenvalue weighted by atomic mass is 32.2. The largest absolute Gasteiger partial charge is 0.338 e. The van der Waals surface area contributed by atoms with Gasteiger partial charge in [-0.1, -0.05) is 18.7 Å². The molecule has 0 unspecified atom stereocenters. The first-order chi connectivity index (χ1) is 11.7. The second-order valence-corrected chi connectivity index (χ2v) is 7.71. The maximum absolute atomic E-state index is 11.9. The molecule has 2 aromatic rings. The van der Waals surface area contributed by atoms with Crippen LogP contribution < -0.4 is 10.6 Å². The number of thiophene rings is 1. The van der Waals surface area contributed by atoms with E-state index in [0.29, 0.717) is 6.54 Å². The molecule has 24 heavy (non-hydrogen) atoms. The smallest absolute Gasteiger partial charge is 0.321 e. The highest BCUT2D eigenvalue weighted by Crippen LogP contribution is 2.39. The highest BCUT2D eigenvalue weighted by Gasteiger charge is 2.20. The van der Waals surface area contributed by atoms with E-state index < -0.39 is 6.03 Å². The van der Waals surface area contributed by atoms with Crippen molar-refractivity contribution in [2.75, 3.05) is 12.3 Å². The number of nitrogens with one attached hydrogen (secondary N) is 2. The molecule has 6 nitrogen and oxygen atoms in total. The lowest BCUT2D eigenvalue weighted by molar-refractivity contribution is -0.117. The van der Waals surface area contributed by atoms with Gasteiger partial charge in [-0.3, -0.25) is 10.1 Å². The molecule has 0 radical (unpaired) electrons. The minimum Gasteiger partial charge on any atom is -0.338 e. The molecule has 2 aromatic heterocycles. The fourth-order valence-electron chi connectivity index (χ4n) is 2.75. The van der Waals surface area contributed by atoms with Gasteiger partial charge in [-0.15, -0.1) is 11.3 Å². The van der Waals surface area contributed by atoms with Gasteiger partial charge in [-0.25, -0.2) is 14.8 Å². The third-order valence-corrected chi connectivity index (χ3v) is 6.03. The Morgan fingerprint density at radius 3 is 2.96 bits per heavy atom. The number of rotatable bonds is 5. The van der Waals surface area contributed by atoms with Crippen molar-refractivity contribution in [3.8, 4) is 0 Å². The number of amides is 3. The summed E-state index contributed by atoms with van der Waals surface area (Å²) < 4.78 is 0. The fraction of sp³-hybridized carbons (Fsp3) is 0.500. The summed E-state index contributed by atoms with van der Waals surface area (Å²) in [4.78, 5) is 34.6. The van der Waals surface area contributed by atoms with Crippen molar-refractivity contribution in [1.29, 1.82) is 0 Å². The summed E-state index contributed by atoms with van der Waals surface area (Å²) in [6.45, 7) is 2.51. The van der Waals surface area contributed by atoms with Gasteiger partial charge in [-0.2, -0.15) is 0 Å². The Hall–Kier alpha value is -1.67. The summed E-state index contributed by atoms with van der Waals surface area (Å²) in [6, 6.07) is -0.441. The van der Waals surface area contributed by atoms with E-state index >= 15 is 0 Å². The molecule has 0 saturated carbocycles. The minimum atomic E-state index is -0.441. The van der Waals surface area contributed by atoms with Crippen molar-refractivity contribution in [3.63, 3.8) is 0 Å². The number of carbonyl (C=O) groups excluding carboxylic acids is 2. The summed E-state index contributed by atoms with van der Waals surface area (Å²) in [6.07, 6.45) is 6.97. The van der Waals surface area contributed by atoms with E-state index in [1.54, 1.807) is 17.7 Å². The Kier molecular flexibility index (Phi) is 5.68. The van der Waals surface area contributed by atoms with Gasteiger partial charge in [0.15, 0.2) is 0 Å². The van der Waals surface area contributed by atoms with Crippen LogP contribution in [0, 0.1) is 0 Å². The van der Waals surface area contributed by atoms with Crippen LogP contribution in [0.15, 0.2) is 11.4 Å². The van der Waals surface area contributed by atoms with Crippen LogP contribution >= 0.6 is 23.1 Å². The zero-order valence-corrected chi connectivity index (χ0v) is 15.2. The molecule has 0 aromatic carbocycles. The van der Waals surface area contributed by atoms with E-state index in [0.717, 1.165) is 34.5 Å². The first-order valence-corrected chi connectivity index (χ1v) is 9.95. The average Bonchev–Trinajstić information content (AvgIpc) is 2.97. The van der Waals surface area contributed by atoms with Crippen LogP contribution in [0.2, 0.25) is 0 Å². The van der Waals surface area contributed by atoms with Gasteiger partial charge in [0.05, 0.1) is 5.75 Å². The fourth-order valence-corrected chi connectivity index (χ4v) is 4.87. The lowest BCUT2D eigenvalue weighted by Gasteiger charge is -2.11. The predicted octanol–water partition coefficient (Wildman–Crippen LogP) is 2.90. The van der Waals surface area contributed by atoms with Gasteiger partial charge in [0.2, 0.25) is 5.91 Å². The van der Waals surface area contributed by atoms with Crippen molar-refractivity contribution >= 4 is 45.3 Å². The number of hydrogen-bond donors (Lipinski definition) is 2. The van der Waals surface area contributed by atoms with E-state index in [1.165, 1.54) is 35.0 Å². The zero-order valence-electron chi connectivity index (χ0n) is 13.6. The summed E-state index contributed by atoms with van der Waals surface area (Å²) in [5, 5.41) is 6.90. The molecule has 3 amide bonds. The molecule has 0 aliphatic heterocycles. The zero-order chi connectivity index (χ0) is 16.9. The van der Waals surface area contributed by atoms with Crippen LogP contribution in [0.4, 0.5) is 4.79 Å². The molecular formula is C16H20N4O2S2. The Morgan fingerprint density at radius 1 is 1.29 bits per heavy atom. The molecular weight excluding hydrogens is 344 g/mol. The van der Waals surface area contributed by atoms with Crippen molar-refractivity contribution in [1.82, 2.24) is 20.6 Å². The maximum Gasteiger partial charge on any atom is 0.321 e. The number of hydrogen-bond acceptors (Lipinski definition) is 6. The second kappa shape index (κ2) is 7.94. The number of thioether (sulfide) groups is 1. The third-order valence-electron chi connectivity index (χ3n) is 3.85. The van der Waals surface area contributed by atoms with Gasteiger partial charge in [-0.05, 0) is 37.7 Å². The lowest BCUT2D eigenvalue weighted by Crippen LogP contribution is -2.40. The molecule has 0 saturated heterocycles. The van der Waals surface area contributed by atoms with Gasteiger partial charge < -0.3 is 5.32 Å². The molecule has 1 aliphatic rings. The number of aromatic nitrogens is 2. The molecule has 0 atom stereocenters. The summed E-state index contributed by atoms with van der Waals surface area (Å²) in [7, 11) is 0. The molecule has 128 valence electrons. The lowest BCUT2D eigenvalue weighted by atomic mass is 9.97. The van der Waals surface area contributed by atoms with Crippen LogP contribution in [0.5, 0.6) is 0 Å². The van der Waals surface area contributed by atoms with Crippen molar-refractivity contribution in [2.45, 2.75) is 44.1 Å². The monoisotopic (exact) mass is 364 g/mol. The molecule has 0 spiro atoms. The average molecular weight is 364 g/mol. The first kappa shape index (κ1) is 17.2. The van der Waals surface area contributed by atoms with Gasteiger partial charge in [0.25, 0.3) is 0 Å². The van der Waals surface area contributed by atoms with E-state index in [4.69, 9.17) is 0 Å². The van der Waals surface area contributed by atoms with Crippen LogP contribution in [-0.2, 0) is 17.6 Å². The summed E-state index contributed by atoms with van der Waals surface area (Å²) in [5.74, 6) is -0.152. The summed E-state index contributed by atoms with van der Waals surface area (Å²) in [5.41, 5.74) is 1.35. The van der Waals surface area contributed by atoms with E-state index in [-0.39, 0.29) is 11.7 Å². The normalized spacial score (nSPS) is 13.5. The van der Waals surface area contributed by atoms with Crippen molar-refractivity contribution in [2.24, 2.45) is 0 Å². The maximum atomic E-state index is 11.9. The predicted molar refractivity (Wildman–Crippen MR) is 96.6 cm³/mol. The van der Waals surface area contributed by atoms with Crippen molar-refractivity contribution < 1.29 is 9.59 Å². The quantitative estimate of drug-likeness (QED) is 0.629. The number of fused-ring (bicyclic) bond motifs is 3. The van der Waals surface area contributed by atoms with Crippen molar-refractivity contribution in [3.05, 3.63) is 16.8 Å². The molecule has 2 heterocycles. The number of imide groups is 1. The standard InChI is InChI=1S/C16H20N4O2S2/c1-2-7-17-16(22)20-12(21)8-23-14-13-10-5-3-4-6-11(10)24-15(13)19-9-18-14/h9H,2-8H2,1H3,(H2,17,20,21,22). The Balaban J connectivity index is 1.68. The Bertz CT molecular complexity index is 760. The second-order valence-electron chi connectivity index (χ2n) is 5.66. The molecule has 1 aliphatic carbocycles. The highest BCUT2D eigenvalue weighted by molar-refractivity contribution is 8.00. The summed E-state index contributed by atoms with van der Waals surface area (Å²) >= 11 is 3.10. The van der Waals surface area contributed by atoms with Gasteiger partial charge in [0, 0.05) is 16.8 Å². The van der Waals surface area contributed by atoms with Gasteiger partial charge >= 0.3 is 6.03 Å². The third kappa shape index (κ3) is 3.87. The molecule has 0 fully saturated rings. The van der Waals surface area contributed by atoms with Crippen LogP contribution in [0.1, 0.15) is 36.6 Å². The molecule has 3 rings (SSSR count). The minimum absolute atomic E-state index is 0.163. The van der Waals surface area contributed by atoms with Crippen LogP contribution in [0.25, 0.3) is 10.2 Å². The van der Waals surface area contributed by atoms with E-state index in [9.17, 15) is 9.59 Å². The molecule has 2 N–H and O–H groups in total. The number of urea groups is 1. The Labute approximate surface area is 148 Å². The molecule has 0 bridgehead atoms. The number of aryl methyl sites for hydroxylation is 2. The topological polar surface area (TPSA) is 84.0 Å². The van der Waals surface area contributed by atoms with Crippen LogP contribution in [0.3, 0.4) is 0 Å². The van der Waals surface area contributed by atoms with E-state index in [1.807, 2.05) is 6.92 Å². The number of nitrogens with zero attached hydrogens (tertiary/aromatic N) is 2. The SMILES string of the molecule is CCCNC(=O)NC(=O)CSc1ncnc2sc3c(c12)CCCC3. The van der Waals surface area contributed by atoms with Gasteiger partial charge in [0.1, 0.15) is 16.2 Å². The Morgan fingerprint density at radius 2 is 2.12 bits per heavy atom. The number of carbonyl (C=O) groups is 2. The molecule has 8 heteroatoms. The first-order valence-electron chi connectivity index (χ1n) is 8.14. The van der Waals surface area contributed by atoms with E-state index in [2.05, 4.69) is 20.6 Å².